The molecule has 1 fully saturated rings. The molecular formula is C21H22N4O2. The molecule has 2 aromatic carbocycles. The minimum Gasteiger partial charge on any atom is -0.387 e. The molecular weight excluding hydrogens is 340 g/mol. The molecule has 6 heteroatoms. The summed E-state index contributed by atoms with van der Waals surface area (Å²) in [7, 11) is 0. The fourth-order valence-electron chi connectivity index (χ4n) is 3.62. The molecule has 3 aromatic rings. The van der Waals surface area contributed by atoms with Gasteiger partial charge in [0, 0.05) is 24.8 Å². The monoisotopic (exact) mass is 362 g/mol. The van der Waals surface area contributed by atoms with Crippen LogP contribution in [0.2, 0.25) is 0 Å². The molecule has 1 N–H and O–H groups in total. The molecule has 4 rings (SSSR count). The Morgan fingerprint density at radius 2 is 1.85 bits per heavy atom. The predicted octanol–water partition coefficient (Wildman–Crippen LogP) is 3.78. The van der Waals surface area contributed by atoms with Gasteiger partial charge >= 0.3 is 0 Å². The van der Waals surface area contributed by atoms with Crippen LogP contribution in [0.25, 0.3) is 22.0 Å². The van der Waals surface area contributed by atoms with Gasteiger partial charge in [-0.25, -0.2) is 9.97 Å². The Kier molecular flexibility index (Phi) is 4.58. The summed E-state index contributed by atoms with van der Waals surface area (Å²) in [5.74, 6) is 0.648. The van der Waals surface area contributed by atoms with Crippen molar-refractivity contribution in [2.45, 2.75) is 31.4 Å². The third kappa shape index (κ3) is 3.40. The van der Waals surface area contributed by atoms with Crippen LogP contribution in [0.15, 0.2) is 59.9 Å². The van der Waals surface area contributed by atoms with E-state index in [1.165, 1.54) is 10.8 Å². The average molecular weight is 362 g/mol. The number of piperidine rings is 1. The fourth-order valence-corrected chi connectivity index (χ4v) is 3.62. The number of rotatable bonds is 4. The third-order valence-electron chi connectivity index (χ3n) is 5.54. The van der Waals surface area contributed by atoms with Gasteiger partial charge in [-0.15, -0.1) is 0 Å². The van der Waals surface area contributed by atoms with Crippen molar-refractivity contribution >= 4 is 16.7 Å². The van der Waals surface area contributed by atoms with E-state index in [9.17, 15) is 10.0 Å². The topological polar surface area (TPSA) is 78.7 Å². The van der Waals surface area contributed by atoms with E-state index in [-0.39, 0.29) is 0 Å². The zero-order valence-electron chi connectivity index (χ0n) is 15.2. The van der Waals surface area contributed by atoms with E-state index in [1.807, 2.05) is 18.2 Å². The first-order valence-corrected chi connectivity index (χ1v) is 9.21. The molecule has 1 atom stereocenters. The first-order chi connectivity index (χ1) is 13.1. The highest BCUT2D eigenvalue weighted by Crippen LogP contribution is 2.30. The van der Waals surface area contributed by atoms with Crippen molar-refractivity contribution in [2.75, 3.05) is 18.0 Å². The number of hydrogen-bond acceptors (Lipinski definition) is 6. The van der Waals surface area contributed by atoms with E-state index in [2.05, 4.69) is 45.4 Å². The summed E-state index contributed by atoms with van der Waals surface area (Å²) in [4.78, 5) is 22.0. The lowest BCUT2D eigenvalue weighted by atomic mass is 9.85. The Morgan fingerprint density at radius 1 is 1.11 bits per heavy atom. The second-order valence-corrected chi connectivity index (χ2v) is 7.18. The Hall–Kier alpha value is -2.86. The highest BCUT2D eigenvalue weighted by Gasteiger charge is 2.39. The van der Waals surface area contributed by atoms with Gasteiger partial charge in [0.15, 0.2) is 0 Å². The lowest BCUT2D eigenvalue weighted by Gasteiger charge is -2.39. The van der Waals surface area contributed by atoms with E-state index in [4.69, 9.17) is 4.98 Å². The van der Waals surface area contributed by atoms with Crippen molar-refractivity contribution in [3.05, 3.63) is 59.6 Å². The molecule has 0 radical (unpaired) electrons. The molecule has 0 spiro atoms. The summed E-state index contributed by atoms with van der Waals surface area (Å²) in [5, 5.41) is 16.0. The zero-order valence-corrected chi connectivity index (χ0v) is 15.2. The van der Waals surface area contributed by atoms with Gasteiger partial charge in [0.1, 0.15) is 6.04 Å². The summed E-state index contributed by atoms with van der Waals surface area (Å²) >= 11 is 0. The van der Waals surface area contributed by atoms with Crippen LogP contribution in [0, 0.1) is 4.91 Å². The lowest BCUT2D eigenvalue weighted by molar-refractivity contribution is -0.00298. The molecule has 0 saturated carbocycles. The average Bonchev–Trinajstić information content (AvgIpc) is 2.73. The number of hydrogen-bond donors (Lipinski definition) is 1. The third-order valence-corrected chi connectivity index (χ3v) is 5.54. The van der Waals surface area contributed by atoms with Crippen LogP contribution in [-0.2, 0) is 0 Å². The smallest absolute Gasteiger partial charge is 0.225 e. The maximum absolute atomic E-state index is 10.8. The molecule has 1 aliphatic heterocycles. The number of aliphatic hydroxyl groups is 1. The second kappa shape index (κ2) is 7.04. The van der Waals surface area contributed by atoms with Gasteiger partial charge in [0.2, 0.25) is 5.95 Å². The molecule has 0 bridgehead atoms. The summed E-state index contributed by atoms with van der Waals surface area (Å²) in [6.07, 6.45) is 2.72. The number of nitrogens with zero attached hydrogens (tertiary/aromatic N) is 4. The molecule has 1 unspecified atom stereocenters. The number of aromatic nitrogens is 2. The lowest BCUT2D eigenvalue weighted by Crippen LogP contribution is -2.50. The van der Waals surface area contributed by atoms with E-state index in [0.29, 0.717) is 31.9 Å². The largest absolute Gasteiger partial charge is 0.387 e. The molecule has 1 aromatic heterocycles. The van der Waals surface area contributed by atoms with Crippen molar-refractivity contribution in [1.82, 2.24) is 9.97 Å². The van der Waals surface area contributed by atoms with E-state index < -0.39 is 11.6 Å². The van der Waals surface area contributed by atoms with Gasteiger partial charge in [-0.1, -0.05) is 41.6 Å². The van der Waals surface area contributed by atoms with Crippen LogP contribution in [0.4, 0.5) is 5.95 Å². The Balaban J connectivity index is 1.57. The molecule has 1 saturated heterocycles. The van der Waals surface area contributed by atoms with Gasteiger partial charge in [-0.3, -0.25) is 0 Å². The number of nitroso groups, excluding NO2 is 1. The minimum atomic E-state index is -1.03. The SMILES string of the molecule is CC(N=O)C1(O)CCN(c2nccc(-c3ccc4ccccc4c3)n2)CC1. The first kappa shape index (κ1) is 17.5. The number of anilines is 1. The van der Waals surface area contributed by atoms with Gasteiger partial charge in [0.05, 0.1) is 11.3 Å². The maximum Gasteiger partial charge on any atom is 0.225 e. The van der Waals surface area contributed by atoms with Crippen LogP contribution in [0.3, 0.4) is 0 Å². The normalized spacial score (nSPS) is 17.6. The van der Waals surface area contributed by atoms with Crippen LogP contribution in [0.1, 0.15) is 19.8 Å². The minimum absolute atomic E-state index is 0.476. The molecule has 0 aliphatic carbocycles. The van der Waals surface area contributed by atoms with Crippen LogP contribution < -0.4 is 4.90 Å². The number of fused-ring (bicyclic) bond motifs is 1. The van der Waals surface area contributed by atoms with Crippen LogP contribution in [-0.4, -0.2) is 39.8 Å². The molecule has 27 heavy (non-hydrogen) atoms. The van der Waals surface area contributed by atoms with Crippen molar-refractivity contribution in [3.8, 4) is 11.3 Å². The Morgan fingerprint density at radius 3 is 2.59 bits per heavy atom. The predicted molar refractivity (Wildman–Crippen MR) is 107 cm³/mol. The molecule has 0 amide bonds. The molecule has 1 aliphatic rings. The van der Waals surface area contributed by atoms with Gasteiger partial charge in [0.25, 0.3) is 0 Å². The molecule has 6 nitrogen and oxygen atoms in total. The van der Waals surface area contributed by atoms with Crippen LogP contribution in [0.5, 0.6) is 0 Å². The highest BCUT2D eigenvalue weighted by molar-refractivity contribution is 5.86. The van der Waals surface area contributed by atoms with E-state index in [1.54, 1.807) is 13.1 Å². The van der Waals surface area contributed by atoms with Gasteiger partial charge < -0.3 is 10.0 Å². The summed E-state index contributed by atoms with van der Waals surface area (Å²) in [6.45, 7) is 2.86. The van der Waals surface area contributed by atoms with E-state index >= 15 is 0 Å². The van der Waals surface area contributed by atoms with Crippen LogP contribution >= 0.6 is 0 Å². The van der Waals surface area contributed by atoms with Crippen molar-refractivity contribution in [2.24, 2.45) is 5.18 Å². The zero-order chi connectivity index (χ0) is 18.9. The Bertz CT molecular complexity index is 967. The Labute approximate surface area is 157 Å². The number of benzene rings is 2. The van der Waals surface area contributed by atoms with Crippen molar-refractivity contribution < 1.29 is 5.11 Å². The highest BCUT2D eigenvalue weighted by atomic mass is 16.3. The second-order valence-electron chi connectivity index (χ2n) is 7.18. The maximum atomic E-state index is 10.8. The standard InChI is InChI=1S/C21H22N4O2/c1-15(24-27)21(26)9-12-25(13-10-21)20-22-11-8-19(23-20)18-7-6-16-4-2-3-5-17(16)14-18/h2-8,11,14-15,26H,9-10,12-13H2,1H3. The summed E-state index contributed by atoms with van der Waals surface area (Å²) in [6, 6.07) is 15.8. The molecule has 2 heterocycles. The van der Waals surface area contributed by atoms with Crippen molar-refractivity contribution in [3.63, 3.8) is 0 Å². The van der Waals surface area contributed by atoms with Crippen molar-refractivity contribution in [1.29, 1.82) is 0 Å². The van der Waals surface area contributed by atoms with Gasteiger partial charge in [-0.2, -0.15) is 4.91 Å². The van der Waals surface area contributed by atoms with E-state index in [0.717, 1.165) is 11.3 Å². The fraction of sp³-hybridized carbons (Fsp3) is 0.333. The summed E-state index contributed by atoms with van der Waals surface area (Å²) in [5.41, 5.74) is 0.882. The quantitative estimate of drug-likeness (QED) is 0.715. The first-order valence-electron chi connectivity index (χ1n) is 9.21. The van der Waals surface area contributed by atoms with Gasteiger partial charge in [-0.05, 0) is 42.7 Å². The summed E-state index contributed by atoms with van der Waals surface area (Å²) < 4.78 is 0. The molecule has 138 valence electrons.